The van der Waals surface area contributed by atoms with Crippen molar-refractivity contribution in [2.45, 2.75) is 0 Å². The van der Waals surface area contributed by atoms with Crippen molar-refractivity contribution in [3.63, 3.8) is 0 Å². The first kappa shape index (κ1) is 21.6. The molecule has 1 aromatic rings. The average molecular weight is 478 g/mol. The molecule has 8 heteroatoms. The molecule has 0 unspecified atom stereocenters. The van der Waals surface area contributed by atoms with Gasteiger partial charge in [-0.25, -0.2) is 0 Å². The van der Waals surface area contributed by atoms with Gasteiger partial charge >= 0.3 is 0 Å². The molecule has 1 fully saturated rings. The Morgan fingerprint density at radius 2 is 1.88 bits per heavy atom. The second-order valence-electron chi connectivity index (χ2n) is 5.44. The van der Waals surface area contributed by atoms with Crippen molar-refractivity contribution in [2.24, 2.45) is 4.99 Å². The smallest absolute Gasteiger partial charge is 0.242 e. The lowest BCUT2D eigenvalue weighted by molar-refractivity contribution is -0.130. The molecule has 0 spiro atoms. The Bertz CT molecular complexity index is 585. The Hall–Kier alpha value is -1.48. The second kappa shape index (κ2) is 11.2. The van der Waals surface area contributed by atoms with Crippen LogP contribution in [0.25, 0.3) is 0 Å². The van der Waals surface area contributed by atoms with Crippen LogP contribution in [0.15, 0.2) is 41.9 Å². The number of amides is 1. The molecular weight excluding hydrogens is 453 g/mol. The van der Waals surface area contributed by atoms with E-state index in [0.717, 1.165) is 23.8 Å². The van der Waals surface area contributed by atoms with Crippen molar-refractivity contribution >= 4 is 53.1 Å². The number of anilines is 1. The number of carbonyl (C=O) groups excluding carboxylic acids is 1. The monoisotopic (exact) mass is 477 g/mol. The van der Waals surface area contributed by atoms with E-state index in [2.05, 4.69) is 27.1 Å². The van der Waals surface area contributed by atoms with Gasteiger partial charge in [-0.15, -0.1) is 30.6 Å². The van der Waals surface area contributed by atoms with Crippen LogP contribution in [0, 0.1) is 0 Å². The van der Waals surface area contributed by atoms with Crippen LogP contribution in [0.1, 0.15) is 0 Å². The van der Waals surface area contributed by atoms with Gasteiger partial charge in [-0.3, -0.25) is 9.79 Å². The van der Waals surface area contributed by atoms with Gasteiger partial charge in [0.25, 0.3) is 0 Å². The highest BCUT2D eigenvalue weighted by atomic mass is 127. The maximum Gasteiger partial charge on any atom is 0.242 e. The van der Waals surface area contributed by atoms with Crippen molar-refractivity contribution in [2.75, 3.05) is 51.2 Å². The minimum absolute atomic E-state index is 0. The SMILES string of the molecule is C=CCNC(=NC)NCC(=O)N1CCN(c2ccc(Cl)cc2)CC1.I. The highest BCUT2D eigenvalue weighted by Gasteiger charge is 2.21. The van der Waals surface area contributed by atoms with E-state index in [4.69, 9.17) is 11.6 Å². The first-order chi connectivity index (χ1) is 11.6. The number of benzene rings is 1. The molecule has 2 rings (SSSR count). The standard InChI is InChI=1S/C17H24ClN5O.HI/c1-3-8-20-17(19-2)21-13-16(24)23-11-9-22(10-12-23)15-6-4-14(18)5-7-15;/h3-7H,1,8-13H2,2H3,(H2,19,20,21);1H. The minimum Gasteiger partial charge on any atom is -0.368 e. The average Bonchev–Trinajstić information content (AvgIpc) is 2.62. The van der Waals surface area contributed by atoms with Gasteiger partial charge in [-0.2, -0.15) is 0 Å². The number of carbonyl (C=O) groups is 1. The summed E-state index contributed by atoms with van der Waals surface area (Å²) in [7, 11) is 1.67. The van der Waals surface area contributed by atoms with Crippen LogP contribution in [-0.4, -0.2) is 63.1 Å². The molecule has 1 aliphatic rings. The van der Waals surface area contributed by atoms with E-state index in [1.54, 1.807) is 13.1 Å². The van der Waals surface area contributed by atoms with Gasteiger partial charge in [-0.1, -0.05) is 17.7 Å². The fourth-order valence-corrected chi connectivity index (χ4v) is 2.65. The zero-order valence-corrected chi connectivity index (χ0v) is 17.5. The number of rotatable bonds is 5. The number of nitrogens with one attached hydrogen (secondary N) is 2. The number of hydrogen-bond donors (Lipinski definition) is 2. The molecular formula is C17H25ClIN5O. The maximum atomic E-state index is 12.3. The highest BCUT2D eigenvalue weighted by molar-refractivity contribution is 14.0. The second-order valence-corrected chi connectivity index (χ2v) is 5.88. The van der Waals surface area contributed by atoms with Crippen LogP contribution >= 0.6 is 35.6 Å². The molecule has 0 saturated carbocycles. The number of hydrogen-bond acceptors (Lipinski definition) is 3. The quantitative estimate of drug-likeness (QED) is 0.295. The third-order valence-electron chi connectivity index (χ3n) is 3.87. The van der Waals surface area contributed by atoms with Crippen molar-refractivity contribution in [1.29, 1.82) is 0 Å². The van der Waals surface area contributed by atoms with E-state index in [9.17, 15) is 4.79 Å². The van der Waals surface area contributed by atoms with E-state index in [1.807, 2.05) is 29.2 Å². The Balaban J connectivity index is 0.00000312. The Morgan fingerprint density at radius 3 is 2.44 bits per heavy atom. The highest BCUT2D eigenvalue weighted by Crippen LogP contribution is 2.19. The number of piperazine rings is 1. The molecule has 0 atom stereocenters. The fourth-order valence-electron chi connectivity index (χ4n) is 2.53. The van der Waals surface area contributed by atoms with Gasteiger partial charge in [-0.05, 0) is 24.3 Å². The van der Waals surface area contributed by atoms with Crippen molar-refractivity contribution in [1.82, 2.24) is 15.5 Å². The molecule has 1 amide bonds. The summed E-state index contributed by atoms with van der Waals surface area (Å²) in [5, 5.41) is 6.80. The zero-order chi connectivity index (χ0) is 17.4. The van der Waals surface area contributed by atoms with E-state index < -0.39 is 0 Å². The third-order valence-corrected chi connectivity index (χ3v) is 4.12. The molecule has 1 saturated heterocycles. The van der Waals surface area contributed by atoms with Crippen LogP contribution in [0.2, 0.25) is 5.02 Å². The lowest BCUT2D eigenvalue weighted by atomic mass is 10.2. The first-order valence-corrected chi connectivity index (χ1v) is 8.35. The van der Waals surface area contributed by atoms with Gasteiger partial charge in [0, 0.05) is 50.5 Å². The summed E-state index contributed by atoms with van der Waals surface area (Å²) in [6.45, 7) is 7.53. The fraction of sp³-hybridized carbons (Fsp3) is 0.412. The molecule has 0 bridgehead atoms. The van der Waals surface area contributed by atoms with Gasteiger partial charge in [0.2, 0.25) is 5.91 Å². The molecule has 138 valence electrons. The predicted octanol–water partition coefficient (Wildman–Crippen LogP) is 1.96. The Kier molecular flexibility index (Phi) is 9.66. The topological polar surface area (TPSA) is 60.0 Å². The summed E-state index contributed by atoms with van der Waals surface area (Å²) in [5.41, 5.74) is 1.14. The van der Waals surface area contributed by atoms with E-state index in [1.165, 1.54) is 0 Å². The molecule has 25 heavy (non-hydrogen) atoms. The Morgan fingerprint density at radius 1 is 1.24 bits per heavy atom. The van der Waals surface area contributed by atoms with Crippen molar-refractivity contribution < 1.29 is 4.79 Å². The van der Waals surface area contributed by atoms with E-state index >= 15 is 0 Å². The van der Waals surface area contributed by atoms with Crippen LogP contribution in [0.3, 0.4) is 0 Å². The van der Waals surface area contributed by atoms with Gasteiger partial charge < -0.3 is 20.4 Å². The summed E-state index contributed by atoms with van der Waals surface area (Å²) in [5.74, 6) is 0.676. The van der Waals surface area contributed by atoms with Gasteiger partial charge in [0.05, 0.1) is 6.54 Å². The van der Waals surface area contributed by atoms with Gasteiger partial charge in [0.15, 0.2) is 5.96 Å². The number of halogens is 2. The van der Waals surface area contributed by atoms with Gasteiger partial charge in [0.1, 0.15) is 0 Å². The molecule has 0 aromatic heterocycles. The number of nitrogens with zero attached hydrogens (tertiary/aromatic N) is 3. The minimum atomic E-state index is 0. The number of aliphatic imine (C=N–C) groups is 1. The molecule has 1 aromatic carbocycles. The lowest BCUT2D eigenvalue weighted by Gasteiger charge is -2.36. The largest absolute Gasteiger partial charge is 0.368 e. The summed E-state index contributed by atoms with van der Waals surface area (Å²) >= 11 is 5.92. The van der Waals surface area contributed by atoms with E-state index in [0.29, 0.717) is 25.6 Å². The summed E-state index contributed by atoms with van der Waals surface area (Å²) in [6, 6.07) is 7.80. The molecule has 6 nitrogen and oxygen atoms in total. The number of guanidine groups is 1. The van der Waals surface area contributed by atoms with Crippen LogP contribution < -0.4 is 15.5 Å². The third kappa shape index (κ3) is 6.74. The zero-order valence-electron chi connectivity index (χ0n) is 14.4. The molecule has 1 heterocycles. The van der Waals surface area contributed by atoms with Crippen molar-refractivity contribution in [3.8, 4) is 0 Å². The van der Waals surface area contributed by atoms with E-state index in [-0.39, 0.29) is 36.4 Å². The summed E-state index contributed by atoms with van der Waals surface area (Å²) < 4.78 is 0. The summed E-state index contributed by atoms with van der Waals surface area (Å²) in [4.78, 5) is 20.5. The molecule has 1 aliphatic heterocycles. The normalized spacial score (nSPS) is 14.6. The molecule has 0 aliphatic carbocycles. The molecule has 2 N–H and O–H groups in total. The van der Waals surface area contributed by atoms with Crippen LogP contribution in [-0.2, 0) is 4.79 Å². The van der Waals surface area contributed by atoms with Crippen LogP contribution in [0.5, 0.6) is 0 Å². The lowest BCUT2D eigenvalue weighted by Crippen LogP contribution is -2.52. The van der Waals surface area contributed by atoms with Crippen molar-refractivity contribution in [3.05, 3.63) is 41.9 Å². The predicted molar refractivity (Wildman–Crippen MR) is 115 cm³/mol. The first-order valence-electron chi connectivity index (χ1n) is 7.97. The van der Waals surface area contributed by atoms with Crippen LogP contribution in [0.4, 0.5) is 5.69 Å². The maximum absolute atomic E-state index is 12.3. The summed E-state index contributed by atoms with van der Waals surface area (Å²) in [6.07, 6.45) is 1.74. The Labute approximate surface area is 171 Å². The molecule has 0 radical (unpaired) electrons.